The van der Waals surface area contributed by atoms with Gasteiger partial charge in [0.2, 0.25) is 0 Å². The molecule has 18 heavy (non-hydrogen) atoms. The molecular formula is C16H24N2. The second-order valence-electron chi connectivity index (χ2n) is 5.93. The van der Waals surface area contributed by atoms with Gasteiger partial charge in [0.1, 0.15) is 0 Å². The molecule has 2 heteroatoms. The van der Waals surface area contributed by atoms with E-state index in [-0.39, 0.29) is 0 Å². The molecule has 2 atom stereocenters. The van der Waals surface area contributed by atoms with E-state index in [2.05, 4.69) is 23.1 Å². The van der Waals surface area contributed by atoms with Gasteiger partial charge in [-0.3, -0.25) is 4.90 Å². The van der Waals surface area contributed by atoms with Crippen molar-refractivity contribution in [3.63, 3.8) is 0 Å². The van der Waals surface area contributed by atoms with Gasteiger partial charge in [-0.05, 0) is 55.8 Å². The second-order valence-corrected chi connectivity index (χ2v) is 5.93. The van der Waals surface area contributed by atoms with Gasteiger partial charge in [0.25, 0.3) is 0 Å². The molecule has 0 spiro atoms. The smallest absolute Gasteiger partial charge is 0.0316 e. The molecule has 2 aliphatic rings. The first-order valence-electron chi connectivity index (χ1n) is 7.41. The lowest BCUT2D eigenvalue weighted by molar-refractivity contribution is 0.184. The summed E-state index contributed by atoms with van der Waals surface area (Å²) in [7, 11) is 0. The molecular weight excluding hydrogens is 220 g/mol. The van der Waals surface area contributed by atoms with Gasteiger partial charge in [-0.2, -0.15) is 0 Å². The third kappa shape index (κ3) is 2.54. The quantitative estimate of drug-likeness (QED) is 0.828. The molecule has 1 aliphatic heterocycles. The summed E-state index contributed by atoms with van der Waals surface area (Å²) >= 11 is 0. The Morgan fingerprint density at radius 2 is 2.06 bits per heavy atom. The summed E-state index contributed by atoms with van der Waals surface area (Å²) in [6.07, 6.45) is 8.39. The SMILES string of the molecule is Nc1cccc(CCN2CCC3CCCCC32)c1. The van der Waals surface area contributed by atoms with E-state index in [1.54, 1.807) is 0 Å². The number of nitrogens with zero attached hydrogens (tertiary/aromatic N) is 1. The monoisotopic (exact) mass is 244 g/mol. The van der Waals surface area contributed by atoms with E-state index >= 15 is 0 Å². The van der Waals surface area contributed by atoms with E-state index < -0.39 is 0 Å². The highest BCUT2D eigenvalue weighted by molar-refractivity contribution is 5.40. The second kappa shape index (κ2) is 5.31. The first kappa shape index (κ1) is 12.0. The van der Waals surface area contributed by atoms with Crippen molar-refractivity contribution < 1.29 is 0 Å². The van der Waals surface area contributed by atoms with Crippen molar-refractivity contribution in [3.8, 4) is 0 Å². The summed E-state index contributed by atoms with van der Waals surface area (Å²) in [5, 5.41) is 0. The third-order valence-electron chi connectivity index (χ3n) is 4.76. The third-order valence-corrected chi connectivity index (χ3v) is 4.76. The van der Waals surface area contributed by atoms with Gasteiger partial charge in [0.05, 0.1) is 0 Å². The van der Waals surface area contributed by atoms with Gasteiger partial charge in [-0.15, -0.1) is 0 Å². The van der Waals surface area contributed by atoms with Crippen molar-refractivity contribution in [1.29, 1.82) is 0 Å². The van der Waals surface area contributed by atoms with Crippen LogP contribution < -0.4 is 5.73 Å². The standard InChI is InChI=1S/C16H24N2/c17-15-6-3-4-13(12-15)8-10-18-11-9-14-5-1-2-7-16(14)18/h3-4,6,12,14,16H,1-2,5,7-11,17H2. The Hall–Kier alpha value is -1.02. The highest BCUT2D eigenvalue weighted by Crippen LogP contribution is 2.36. The summed E-state index contributed by atoms with van der Waals surface area (Å²) in [6.45, 7) is 2.53. The van der Waals surface area contributed by atoms with Crippen molar-refractivity contribution in [2.24, 2.45) is 5.92 Å². The maximum absolute atomic E-state index is 5.83. The van der Waals surface area contributed by atoms with Gasteiger partial charge in [-0.1, -0.05) is 25.0 Å². The van der Waals surface area contributed by atoms with E-state index in [9.17, 15) is 0 Å². The molecule has 2 nitrogen and oxygen atoms in total. The Morgan fingerprint density at radius 3 is 2.94 bits per heavy atom. The Labute approximate surface area is 110 Å². The first-order chi connectivity index (χ1) is 8.83. The topological polar surface area (TPSA) is 29.3 Å². The fourth-order valence-electron chi connectivity index (χ4n) is 3.80. The summed E-state index contributed by atoms with van der Waals surface area (Å²) in [4.78, 5) is 2.73. The normalized spacial score (nSPS) is 28.2. The number of anilines is 1. The van der Waals surface area contributed by atoms with Crippen LogP contribution >= 0.6 is 0 Å². The number of hydrogen-bond acceptors (Lipinski definition) is 2. The minimum Gasteiger partial charge on any atom is -0.399 e. The van der Waals surface area contributed by atoms with Crippen LogP contribution in [0.1, 0.15) is 37.7 Å². The van der Waals surface area contributed by atoms with Crippen molar-refractivity contribution in [3.05, 3.63) is 29.8 Å². The maximum Gasteiger partial charge on any atom is 0.0316 e. The van der Waals surface area contributed by atoms with Crippen LogP contribution in [-0.2, 0) is 6.42 Å². The minimum atomic E-state index is 0.889. The van der Waals surface area contributed by atoms with Crippen LogP contribution in [0.3, 0.4) is 0 Å². The zero-order valence-electron chi connectivity index (χ0n) is 11.1. The Bertz CT molecular complexity index is 402. The molecule has 1 saturated carbocycles. The molecule has 1 aromatic rings. The fourth-order valence-corrected chi connectivity index (χ4v) is 3.80. The highest BCUT2D eigenvalue weighted by Gasteiger charge is 2.34. The zero-order valence-corrected chi connectivity index (χ0v) is 11.1. The Morgan fingerprint density at radius 1 is 1.17 bits per heavy atom. The van der Waals surface area contributed by atoms with Crippen LogP contribution in [-0.4, -0.2) is 24.0 Å². The Balaban J connectivity index is 1.57. The van der Waals surface area contributed by atoms with Crippen molar-refractivity contribution in [1.82, 2.24) is 4.90 Å². The molecule has 98 valence electrons. The molecule has 1 saturated heterocycles. The van der Waals surface area contributed by atoms with E-state index in [1.165, 1.54) is 50.8 Å². The lowest BCUT2D eigenvalue weighted by atomic mass is 9.85. The molecule has 0 amide bonds. The van der Waals surface area contributed by atoms with E-state index in [4.69, 9.17) is 5.73 Å². The molecule has 2 N–H and O–H groups in total. The summed E-state index contributed by atoms with van der Waals surface area (Å²) in [5.41, 5.74) is 8.11. The van der Waals surface area contributed by atoms with Crippen molar-refractivity contribution in [2.75, 3.05) is 18.8 Å². The lowest BCUT2D eigenvalue weighted by Crippen LogP contribution is -2.36. The van der Waals surface area contributed by atoms with E-state index in [0.717, 1.165) is 24.1 Å². The van der Waals surface area contributed by atoms with Gasteiger partial charge in [-0.25, -0.2) is 0 Å². The Kier molecular flexibility index (Phi) is 3.55. The average molecular weight is 244 g/mol. The molecule has 1 aliphatic carbocycles. The average Bonchev–Trinajstić information content (AvgIpc) is 2.80. The minimum absolute atomic E-state index is 0.889. The molecule has 0 radical (unpaired) electrons. The molecule has 0 aromatic heterocycles. The van der Waals surface area contributed by atoms with Crippen LogP contribution in [0, 0.1) is 5.92 Å². The van der Waals surface area contributed by atoms with E-state index in [0.29, 0.717) is 0 Å². The van der Waals surface area contributed by atoms with E-state index in [1.807, 2.05) is 6.07 Å². The predicted octanol–water partition coefficient (Wildman–Crippen LogP) is 3.08. The number of nitrogen functional groups attached to an aromatic ring is 1. The van der Waals surface area contributed by atoms with Crippen molar-refractivity contribution >= 4 is 5.69 Å². The van der Waals surface area contributed by atoms with Gasteiger partial charge in [0.15, 0.2) is 0 Å². The molecule has 0 bridgehead atoms. The molecule has 1 aromatic carbocycles. The van der Waals surface area contributed by atoms with Gasteiger partial charge >= 0.3 is 0 Å². The van der Waals surface area contributed by atoms with Gasteiger partial charge < -0.3 is 5.73 Å². The predicted molar refractivity (Wildman–Crippen MR) is 76.5 cm³/mol. The lowest BCUT2D eigenvalue weighted by Gasteiger charge is -2.31. The maximum atomic E-state index is 5.83. The van der Waals surface area contributed by atoms with Crippen LogP contribution in [0.15, 0.2) is 24.3 Å². The number of rotatable bonds is 3. The van der Waals surface area contributed by atoms with Gasteiger partial charge in [0, 0.05) is 18.3 Å². The van der Waals surface area contributed by atoms with Crippen molar-refractivity contribution in [2.45, 2.75) is 44.6 Å². The molecule has 1 heterocycles. The first-order valence-corrected chi connectivity index (χ1v) is 7.41. The van der Waals surface area contributed by atoms with Crippen LogP contribution in [0.2, 0.25) is 0 Å². The molecule has 2 unspecified atom stereocenters. The summed E-state index contributed by atoms with van der Waals surface area (Å²) in [5.74, 6) is 1.000. The van der Waals surface area contributed by atoms with Crippen LogP contribution in [0.25, 0.3) is 0 Å². The fraction of sp³-hybridized carbons (Fsp3) is 0.625. The number of fused-ring (bicyclic) bond motifs is 1. The zero-order chi connectivity index (χ0) is 12.4. The summed E-state index contributed by atoms with van der Waals surface area (Å²) < 4.78 is 0. The number of likely N-dealkylation sites (tertiary alicyclic amines) is 1. The largest absolute Gasteiger partial charge is 0.399 e. The number of hydrogen-bond donors (Lipinski definition) is 1. The van der Waals surface area contributed by atoms with Crippen LogP contribution in [0.5, 0.6) is 0 Å². The molecule has 2 fully saturated rings. The number of benzene rings is 1. The van der Waals surface area contributed by atoms with Crippen LogP contribution in [0.4, 0.5) is 5.69 Å². The highest BCUT2D eigenvalue weighted by atomic mass is 15.2. The summed E-state index contributed by atoms with van der Waals surface area (Å²) in [6, 6.07) is 9.24. The molecule has 3 rings (SSSR count). The number of nitrogens with two attached hydrogens (primary N) is 1.